The molecule has 194 valence electrons. The molecule has 3 rings (SSSR count). The third kappa shape index (κ3) is 7.71. The van der Waals surface area contributed by atoms with Crippen molar-refractivity contribution in [2.75, 3.05) is 25.3 Å². The first-order valence-corrected chi connectivity index (χ1v) is 12.2. The fourth-order valence-corrected chi connectivity index (χ4v) is 4.27. The summed E-state index contributed by atoms with van der Waals surface area (Å²) < 4.78 is 16.3. The van der Waals surface area contributed by atoms with Crippen LogP contribution in [0.1, 0.15) is 44.6 Å². The molecule has 0 spiro atoms. The third-order valence-corrected chi connectivity index (χ3v) is 6.09. The van der Waals surface area contributed by atoms with Crippen LogP contribution in [-0.4, -0.2) is 53.8 Å². The fraction of sp³-hybridized carbons (Fsp3) is 0.444. The second-order valence-corrected chi connectivity index (χ2v) is 8.66. The number of ether oxygens (including phenoxy) is 3. The van der Waals surface area contributed by atoms with E-state index in [0.717, 1.165) is 49.1 Å². The van der Waals surface area contributed by atoms with Crippen LogP contribution in [0.15, 0.2) is 53.4 Å². The molecule has 9 nitrogen and oxygen atoms in total. The molecule has 1 saturated carbocycles. The Labute approximate surface area is 212 Å². The lowest BCUT2D eigenvalue weighted by Gasteiger charge is -2.28. The van der Waals surface area contributed by atoms with E-state index in [0.29, 0.717) is 17.4 Å². The summed E-state index contributed by atoms with van der Waals surface area (Å²) in [5, 5.41) is 25.5. The van der Waals surface area contributed by atoms with Crippen molar-refractivity contribution < 1.29 is 29.2 Å². The Bertz CT molecular complexity index is 1050. The summed E-state index contributed by atoms with van der Waals surface area (Å²) in [6, 6.07) is 8.94. The average molecular weight is 498 g/mol. The number of hydrogen-bond acceptors (Lipinski definition) is 8. The minimum absolute atomic E-state index is 0.231. The lowest BCUT2D eigenvalue weighted by Crippen LogP contribution is -2.23. The maximum Gasteiger partial charge on any atom is 0.341 e. The summed E-state index contributed by atoms with van der Waals surface area (Å²) in [5.41, 5.74) is 2.65. The number of aliphatic hydroxyl groups is 1. The van der Waals surface area contributed by atoms with E-state index in [1.807, 2.05) is 24.9 Å². The molecule has 2 atom stereocenters. The topological polar surface area (TPSA) is 114 Å². The number of hydrogen-bond donors (Lipinski definition) is 2. The predicted molar refractivity (Wildman–Crippen MR) is 138 cm³/mol. The summed E-state index contributed by atoms with van der Waals surface area (Å²) in [6.07, 6.45) is 9.70. The molecule has 1 fully saturated rings. The zero-order chi connectivity index (χ0) is 25.9. The number of aliphatic hydroxyl groups excluding tert-OH is 1. The monoisotopic (exact) mass is 497 g/mol. The van der Waals surface area contributed by atoms with Crippen molar-refractivity contribution in [3.8, 4) is 17.4 Å². The Morgan fingerprint density at radius 3 is 2.69 bits per heavy atom. The number of aliphatic carboxylic acids is 1. The number of pyridine rings is 1. The van der Waals surface area contributed by atoms with E-state index in [1.54, 1.807) is 43.8 Å². The standard InChI is InChI=1S/C27H35N3O6/c1-4-24(20-6-5-7-22(31)10-8-20)30(21-9-13-26(34-3)28-17-21)29-14-15-35-23-11-12-25(19(2)16-23)36-18-27(32)33/h4,9,11-14,16-17,20,22,31H,5-8,10,15,18H2,1-3H3,(H,32,33)/b24-4-,29-14+. The molecule has 2 unspecified atom stereocenters. The molecule has 1 aromatic heterocycles. The Morgan fingerprint density at radius 2 is 2.03 bits per heavy atom. The first kappa shape index (κ1) is 27.0. The lowest BCUT2D eigenvalue weighted by atomic mass is 9.95. The number of benzene rings is 1. The number of methoxy groups -OCH3 is 1. The molecule has 0 amide bonds. The van der Waals surface area contributed by atoms with Crippen molar-refractivity contribution in [3.05, 3.63) is 53.9 Å². The number of carboxylic acid groups (broad SMARTS) is 1. The zero-order valence-corrected chi connectivity index (χ0v) is 21.1. The number of aromatic nitrogens is 1. The largest absolute Gasteiger partial charge is 0.488 e. The SMILES string of the molecule is C/C=C(/C1CCCC(O)CC1)N(/N=C/COc1ccc(OCC(=O)O)c(C)c1)c1ccc(OC)nc1. The molecule has 1 heterocycles. The van der Waals surface area contributed by atoms with Gasteiger partial charge in [-0.1, -0.05) is 12.5 Å². The van der Waals surface area contributed by atoms with E-state index in [1.165, 1.54) is 0 Å². The summed E-state index contributed by atoms with van der Waals surface area (Å²) in [7, 11) is 1.58. The van der Waals surface area contributed by atoms with Gasteiger partial charge in [-0.3, -0.25) is 0 Å². The second kappa shape index (κ2) is 13.5. The highest BCUT2D eigenvalue weighted by atomic mass is 16.5. The van der Waals surface area contributed by atoms with Crippen LogP contribution in [0.3, 0.4) is 0 Å². The lowest BCUT2D eigenvalue weighted by molar-refractivity contribution is -0.139. The van der Waals surface area contributed by atoms with Crippen LogP contribution >= 0.6 is 0 Å². The molecule has 1 aliphatic carbocycles. The van der Waals surface area contributed by atoms with Gasteiger partial charge in [-0.15, -0.1) is 0 Å². The van der Waals surface area contributed by atoms with Gasteiger partial charge in [0.1, 0.15) is 18.1 Å². The van der Waals surface area contributed by atoms with E-state index in [2.05, 4.69) is 11.1 Å². The Kier molecular flexibility index (Phi) is 10.1. The average Bonchev–Trinajstić information content (AvgIpc) is 3.09. The molecular formula is C27H35N3O6. The molecule has 0 aliphatic heterocycles. The Hall–Kier alpha value is -3.59. The number of nitrogens with zero attached hydrogens (tertiary/aromatic N) is 3. The van der Waals surface area contributed by atoms with Gasteiger partial charge in [-0.25, -0.2) is 14.8 Å². The molecule has 1 aliphatic rings. The number of aryl methyl sites for hydroxylation is 1. The van der Waals surface area contributed by atoms with E-state index in [-0.39, 0.29) is 18.6 Å². The molecule has 1 aromatic carbocycles. The maximum atomic E-state index is 10.7. The van der Waals surface area contributed by atoms with Crippen LogP contribution in [0.2, 0.25) is 0 Å². The van der Waals surface area contributed by atoms with E-state index in [9.17, 15) is 9.90 Å². The van der Waals surface area contributed by atoms with Gasteiger partial charge in [-0.05, 0) is 69.4 Å². The molecule has 0 bridgehead atoms. The van der Waals surface area contributed by atoms with Gasteiger partial charge in [0.25, 0.3) is 0 Å². The van der Waals surface area contributed by atoms with Gasteiger partial charge in [-0.2, -0.15) is 5.10 Å². The second-order valence-electron chi connectivity index (χ2n) is 8.66. The highest BCUT2D eigenvalue weighted by Gasteiger charge is 2.24. The van der Waals surface area contributed by atoms with Gasteiger partial charge >= 0.3 is 5.97 Å². The van der Waals surface area contributed by atoms with E-state index >= 15 is 0 Å². The minimum Gasteiger partial charge on any atom is -0.488 e. The number of anilines is 1. The first-order chi connectivity index (χ1) is 17.4. The van der Waals surface area contributed by atoms with Gasteiger partial charge < -0.3 is 24.4 Å². The number of carbonyl (C=O) groups is 1. The number of allylic oxidation sites excluding steroid dienone is 2. The predicted octanol–water partition coefficient (Wildman–Crippen LogP) is 4.58. The van der Waals surface area contributed by atoms with Crippen LogP contribution < -0.4 is 19.2 Å². The van der Waals surface area contributed by atoms with E-state index in [4.69, 9.17) is 24.4 Å². The van der Waals surface area contributed by atoms with Gasteiger partial charge in [0.15, 0.2) is 6.61 Å². The molecule has 36 heavy (non-hydrogen) atoms. The fourth-order valence-electron chi connectivity index (χ4n) is 4.27. The summed E-state index contributed by atoms with van der Waals surface area (Å²) in [4.78, 5) is 15.1. The number of carboxylic acids is 1. The highest BCUT2D eigenvalue weighted by molar-refractivity contribution is 5.68. The van der Waals surface area contributed by atoms with Gasteiger partial charge in [0.05, 0.1) is 31.3 Å². The van der Waals surface area contributed by atoms with Gasteiger partial charge in [0, 0.05) is 17.7 Å². The van der Waals surface area contributed by atoms with Crippen molar-refractivity contribution in [2.24, 2.45) is 11.0 Å². The smallest absolute Gasteiger partial charge is 0.341 e. The van der Waals surface area contributed by atoms with Crippen LogP contribution in [0, 0.1) is 12.8 Å². The van der Waals surface area contributed by atoms with Crippen molar-refractivity contribution >= 4 is 17.9 Å². The van der Waals surface area contributed by atoms with Gasteiger partial charge in [0.2, 0.25) is 5.88 Å². The molecule has 0 radical (unpaired) electrons. The van der Waals surface area contributed by atoms with Crippen molar-refractivity contribution in [3.63, 3.8) is 0 Å². The normalized spacial score (nSPS) is 18.5. The molecular weight excluding hydrogens is 462 g/mol. The van der Waals surface area contributed by atoms with Crippen LogP contribution in [0.5, 0.6) is 17.4 Å². The quantitative estimate of drug-likeness (QED) is 0.264. The Morgan fingerprint density at radius 1 is 1.19 bits per heavy atom. The minimum atomic E-state index is -1.02. The summed E-state index contributed by atoms with van der Waals surface area (Å²) in [6.45, 7) is 3.67. The van der Waals surface area contributed by atoms with Crippen LogP contribution in [0.4, 0.5) is 5.69 Å². The van der Waals surface area contributed by atoms with Crippen molar-refractivity contribution in [1.29, 1.82) is 0 Å². The van der Waals surface area contributed by atoms with Crippen LogP contribution in [0.25, 0.3) is 0 Å². The highest BCUT2D eigenvalue weighted by Crippen LogP contribution is 2.34. The molecule has 9 heteroatoms. The molecule has 2 N–H and O–H groups in total. The molecule has 0 saturated heterocycles. The number of rotatable bonds is 11. The van der Waals surface area contributed by atoms with E-state index < -0.39 is 12.6 Å². The maximum absolute atomic E-state index is 10.7. The summed E-state index contributed by atoms with van der Waals surface area (Å²) >= 11 is 0. The number of hydrazone groups is 1. The van der Waals surface area contributed by atoms with Crippen molar-refractivity contribution in [2.45, 2.75) is 52.1 Å². The molecule has 2 aromatic rings. The Balaban J connectivity index is 1.73. The summed E-state index contributed by atoms with van der Waals surface area (Å²) in [5.74, 6) is 0.902. The third-order valence-electron chi connectivity index (χ3n) is 6.09. The van der Waals surface area contributed by atoms with Crippen molar-refractivity contribution in [1.82, 2.24) is 4.98 Å². The van der Waals surface area contributed by atoms with Crippen LogP contribution in [-0.2, 0) is 4.79 Å². The zero-order valence-electron chi connectivity index (χ0n) is 21.1. The first-order valence-electron chi connectivity index (χ1n) is 12.2.